The zero-order valence-electron chi connectivity index (χ0n) is 3.16. The van der Waals surface area contributed by atoms with Crippen molar-refractivity contribution in [3.8, 4) is 0 Å². The summed E-state index contributed by atoms with van der Waals surface area (Å²) in [4.78, 5) is 0. The highest BCUT2D eigenvalue weighted by atomic mass is 31.2. The largest absolute Gasteiger partial charge is 0.665 e. The van der Waals surface area contributed by atoms with Gasteiger partial charge in [0.1, 0.15) is 0 Å². The molecule has 0 aliphatic carbocycles. The molecule has 0 atom stereocenters. The lowest BCUT2D eigenvalue weighted by Gasteiger charge is -2.41. The molecule has 0 amide bonds. The van der Waals surface area contributed by atoms with E-state index in [1.165, 1.54) is 0 Å². The molecule has 3 fully saturated rings. The fourth-order valence-corrected chi connectivity index (χ4v) is 1.02. The minimum atomic E-state index is -2.82. The van der Waals surface area contributed by atoms with Gasteiger partial charge in [0.05, 0.1) is 0 Å². The molecule has 3 aliphatic rings. The number of hydrogen-bond acceptors (Lipinski definition) is 4. The van der Waals surface area contributed by atoms with Crippen LogP contribution in [-0.2, 0) is 17.9 Å². The summed E-state index contributed by atoms with van der Waals surface area (Å²) in [6, 6.07) is 0. The van der Waals surface area contributed by atoms with Crippen LogP contribution in [0.1, 0.15) is 0 Å². The Morgan fingerprint density at radius 3 is 1.57 bits per heavy atom. The fourth-order valence-electron chi connectivity index (χ4n) is 0.340. The Hall–Kier alpha value is 0.135. The molecule has 0 unspecified atom stereocenters. The summed E-state index contributed by atoms with van der Waals surface area (Å²) < 4.78 is 23.0. The molecule has 2 N–H and O–H groups in total. The molecule has 3 saturated heterocycles. The Labute approximate surface area is 39.7 Å². The molecular formula is H2BO5P. The average molecular weight is 124 g/mol. The smallest absolute Gasteiger partial charge is 0.412 e. The molecule has 0 aromatic heterocycles. The molecule has 0 aromatic rings. The van der Waals surface area contributed by atoms with Gasteiger partial charge >= 0.3 is 15.1 Å². The molecule has 3 rings (SSSR count). The van der Waals surface area contributed by atoms with Gasteiger partial charge in [-0.15, -0.1) is 0 Å². The Kier molecular flexibility index (Phi) is 0.828. The highest BCUT2D eigenvalue weighted by molar-refractivity contribution is 7.61. The second-order valence-corrected chi connectivity index (χ2v) is 2.58. The van der Waals surface area contributed by atoms with Gasteiger partial charge in [-0.1, -0.05) is 0 Å². The molecule has 5 nitrogen and oxygen atoms in total. The van der Waals surface area contributed by atoms with Gasteiger partial charge in [-0.05, 0) is 0 Å². The SMILES string of the molecule is O.O=P12OB(O1)O2. The minimum absolute atomic E-state index is 0. The Bertz CT molecular complexity index is 106. The van der Waals surface area contributed by atoms with E-state index < -0.39 is 15.1 Å². The van der Waals surface area contributed by atoms with Crippen LogP contribution < -0.4 is 0 Å². The van der Waals surface area contributed by atoms with Gasteiger partial charge in [-0.3, -0.25) is 13.3 Å². The number of hydrogen-bond donors (Lipinski definition) is 0. The number of rotatable bonds is 0. The first-order valence-electron chi connectivity index (χ1n) is 1.44. The molecule has 0 saturated carbocycles. The van der Waals surface area contributed by atoms with E-state index in [-0.39, 0.29) is 5.48 Å². The van der Waals surface area contributed by atoms with Crippen molar-refractivity contribution in [3.05, 3.63) is 0 Å². The summed E-state index contributed by atoms with van der Waals surface area (Å²) in [6.45, 7) is 0. The zero-order valence-corrected chi connectivity index (χ0v) is 4.05. The van der Waals surface area contributed by atoms with Crippen LogP contribution in [0.25, 0.3) is 0 Å². The monoisotopic (exact) mass is 124 g/mol. The van der Waals surface area contributed by atoms with E-state index >= 15 is 0 Å². The maximum Gasteiger partial charge on any atom is 0.665 e. The molecular weight excluding hydrogens is 122 g/mol. The summed E-state index contributed by atoms with van der Waals surface area (Å²) in [5.74, 6) is 0. The lowest BCUT2D eigenvalue weighted by Crippen LogP contribution is -2.47. The van der Waals surface area contributed by atoms with Crippen molar-refractivity contribution in [2.24, 2.45) is 0 Å². The topological polar surface area (TPSA) is 76.3 Å². The summed E-state index contributed by atoms with van der Waals surface area (Å²) >= 11 is 0. The third-order valence-electron chi connectivity index (χ3n) is 0.645. The van der Waals surface area contributed by atoms with E-state index in [2.05, 4.69) is 13.3 Å². The summed E-state index contributed by atoms with van der Waals surface area (Å²) in [5.41, 5.74) is 0. The summed E-state index contributed by atoms with van der Waals surface area (Å²) in [7, 11) is -3.41. The summed E-state index contributed by atoms with van der Waals surface area (Å²) in [6.07, 6.45) is 0. The fraction of sp³-hybridized carbons (Fsp3) is 0. The Morgan fingerprint density at radius 2 is 1.57 bits per heavy atom. The first kappa shape index (κ1) is 5.28. The molecule has 0 spiro atoms. The summed E-state index contributed by atoms with van der Waals surface area (Å²) in [5, 5.41) is 0. The zero-order chi connectivity index (χ0) is 4.20. The molecule has 0 radical (unpaired) electrons. The predicted molar refractivity (Wildman–Crippen MR) is 20.2 cm³/mol. The first-order chi connectivity index (χ1) is 2.79. The number of phosphoric acid groups is 1. The van der Waals surface area contributed by atoms with Crippen molar-refractivity contribution in [1.82, 2.24) is 0 Å². The molecule has 7 heavy (non-hydrogen) atoms. The minimum Gasteiger partial charge on any atom is -0.412 e. The van der Waals surface area contributed by atoms with E-state index in [1.54, 1.807) is 0 Å². The highest BCUT2D eigenvalue weighted by Crippen LogP contribution is 2.71. The Balaban J connectivity index is 0.000000245. The van der Waals surface area contributed by atoms with Crippen LogP contribution in [0.5, 0.6) is 0 Å². The molecule has 7 heteroatoms. The first-order valence-corrected chi connectivity index (χ1v) is 2.90. The molecule has 3 aliphatic heterocycles. The van der Waals surface area contributed by atoms with Gasteiger partial charge in [-0.2, -0.15) is 0 Å². The molecule has 40 valence electrons. The normalized spacial score (nSPS) is 29.4. The van der Waals surface area contributed by atoms with E-state index in [0.717, 1.165) is 0 Å². The molecule has 0 aromatic carbocycles. The van der Waals surface area contributed by atoms with Crippen molar-refractivity contribution in [2.75, 3.05) is 0 Å². The van der Waals surface area contributed by atoms with E-state index in [1.807, 2.05) is 0 Å². The van der Waals surface area contributed by atoms with Crippen LogP contribution in [0.4, 0.5) is 0 Å². The molecule has 2 bridgehead atoms. The van der Waals surface area contributed by atoms with Crippen LogP contribution in [0.2, 0.25) is 0 Å². The van der Waals surface area contributed by atoms with E-state index in [0.29, 0.717) is 0 Å². The second kappa shape index (κ2) is 1.10. The van der Waals surface area contributed by atoms with Gasteiger partial charge in [0.2, 0.25) is 0 Å². The predicted octanol–water partition coefficient (Wildman–Crippen LogP) is -0.668. The van der Waals surface area contributed by atoms with Crippen LogP contribution in [-0.4, -0.2) is 12.8 Å². The lowest BCUT2D eigenvalue weighted by atomic mass is 10.3. The van der Waals surface area contributed by atoms with Crippen molar-refractivity contribution >= 4 is 15.1 Å². The van der Waals surface area contributed by atoms with Crippen LogP contribution in [0.15, 0.2) is 0 Å². The third-order valence-corrected chi connectivity index (χ3v) is 1.94. The maximum atomic E-state index is 10.1. The standard InChI is InChI=1S/BO4P.H2O/c2-6-3-1(4-6)5-6;/h;1H2. The second-order valence-electron chi connectivity index (χ2n) is 1.05. The van der Waals surface area contributed by atoms with Crippen LogP contribution in [0, 0.1) is 0 Å². The quantitative estimate of drug-likeness (QED) is 0.317. The van der Waals surface area contributed by atoms with Crippen LogP contribution in [0.3, 0.4) is 0 Å². The van der Waals surface area contributed by atoms with Crippen molar-refractivity contribution < 1.29 is 23.4 Å². The van der Waals surface area contributed by atoms with Gasteiger partial charge in [0.15, 0.2) is 0 Å². The van der Waals surface area contributed by atoms with E-state index in [9.17, 15) is 4.57 Å². The van der Waals surface area contributed by atoms with E-state index in [4.69, 9.17) is 0 Å². The lowest BCUT2D eigenvalue weighted by molar-refractivity contribution is 0.0650. The third kappa shape index (κ3) is 0.458. The average Bonchev–Trinajstić information content (AvgIpc) is 1.24. The van der Waals surface area contributed by atoms with Crippen molar-refractivity contribution in [2.45, 2.75) is 0 Å². The van der Waals surface area contributed by atoms with Gasteiger partial charge in [-0.25, -0.2) is 4.57 Å². The highest BCUT2D eigenvalue weighted by Gasteiger charge is 2.67. The van der Waals surface area contributed by atoms with Crippen LogP contribution >= 0.6 is 7.82 Å². The molecule has 3 heterocycles. The van der Waals surface area contributed by atoms with Crippen molar-refractivity contribution in [1.29, 1.82) is 0 Å². The van der Waals surface area contributed by atoms with Gasteiger partial charge in [0, 0.05) is 0 Å². The van der Waals surface area contributed by atoms with Crippen molar-refractivity contribution in [3.63, 3.8) is 0 Å². The maximum absolute atomic E-state index is 10.1. The van der Waals surface area contributed by atoms with Gasteiger partial charge < -0.3 is 5.48 Å². The van der Waals surface area contributed by atoms with Gasteiger partial charge in [0.25, 0.3) is 0 Å². The Morgan fingerprint density at radius 1 is 1.29 bits per heavy atom.